The fourth-order valence-corrected chi connectivity index (χ4v) is 5.57. The zero-order chi connectivity index (χ0) is 22.5. The number of nitrogens with one attached hydrogen (secondary N) is 1. The number of fused-ring (bicyclic) bond motifs is 2. The van der Waals surface area contributed by atoms with Gasteiger partial charge in [-0.1, -0.05) is 31.2 Å². The van der Waals surface area contributed by atoms with Crippen molar-refractivity contribution in [3.05, 3.63) is 54.0 Å². The van der Waals surface area contributed by atoms with E-state index in [2.05, 4.69) is 39.6 Å². The minimum absolute atomic E-state index is 0.0495. The number of nitrogens with two attached hydrogens (primary N) is 1. The molecule has 5 rings (SSSR count). The van der Waals surface area contributed by atoms with Gasteiger partial charge >= 0.3 is 10.3 Å². The molecule has 1 aromatic carbocycles. The van der Waals surface area contributed by atoms with Gasteiger partial charge in [0.2, 0.25) is 0 Å². The van der Waals surface area contributed by atoms with E-state index in [9.17, 15) is 13.5 Å². The highest BCUT2D eigenvalue weighted by molar-refractivity contribution is 7.84. The molecule has 2 aromatic heterocycles. The second-order valence-corrected chi connectivity index (χ2v) is 10.4. The Morgan fingerprint density at radius 1 is 1.31 bits per heavy atom. The molecule has 0 saturated heterocycles. The van der Waals surface area contributed by atoms with Crippen molar-refractivity contribution in [1.82, 2.24) is 14.5 Å². The average Bonchev–Trinajstić information content (AvgIpc) is 3.43. The molecule has 2 aliphatic rings. The highest BCUT2D eigenvalue weighted by Gasteiger charge is 2.45. The number of hydrogen-bond donors (Lipinski definition) is 3. The number of hydrogen-bond acceptors (Lipinski definition) is 7. The van der Waals surface area contributed by atoms with Gasteiger partial charge in [0, 0.05) is 17.7 Å². The second kappa shape index (κ2) is 7.80. The molecule has 1 saturated carbocycles. The van der Waals surface area contributed by atoms with Gasteiger partial charge in [-0.2, -0.15) is 8.42 Å². The number of nitrogens with zero attached hydrogens (tertiary/aromatic N) is 3. The first kappa shape index (κ1) is 21.3. The normalized spacial score (nSPS) is 27.7. The maximum absolute atomic E-state index is 11.2. The standard InChI is InChI=1S/C22H27N5O4S/c1-22(12-31-32(23,29)30)11-15(10-19(22)28)27-9-8-17-20(24-13-25-21(17)27)26-18-7-6-14-4-2-3-5-16(14)18/h2-5,8-9,13,15,18-19,28H,6-7,10-12H2,1H3,(H2,23,29,30)(H,24,25,26)/t15-,18-,19-,22-/m0/s1. The maximum Gasteiger partial charge on any atom is 0.333 e. The third-order valence-corrected chi connectivity index (χ3v) is 7.35. The maximum atomic E-state index is 11.2. The SMILES string of the molecule is C[C@@]1(COS(N)(=O)=O)C[C@@H](n2ccc3c(N[C@H]4CCc5ccccc54)ncnc32)C[C@@H]1O. The number of aryl methyl sites for hydroxylation is 1. The summed E-state index contributed by atoms with van der Waals surface area (Å²) in [5.41, 5.74) is 2.73. The van der Waals surface area contributed by atoms with Gasteiger partial charge in [-0.05, 0) is 42.9 Å². The van der Waals surface area contributed by atoms with E-state index in [1.165, 1.54) is 11.1 Å². The van der Waals surface area contributed by atoms with Crippen LogP contribution in [-0.2, 0) is 20.9 Å². The van der Waals surface area contributed by atoms with Crippen molar-refractivity contribution in [2.24, 2.45) is 10.6 Å². The first-order chi connectivity index (χ1) is 15.2. The van der Waals surface area contributed by atoms with E-state index in [0.717, 1.165) is 29.7 Å². The van der Waals surface area contributed by atoms with E-state index >= 15 is 0 Å². The molecular formula is C22H27N5O4S. The van der Waals surface area contributed by atoms with Crippen LogP contribution in [0.15, 0.2) is 42.9 Å². The Kier molecular flexibility index (Phi) is 5.20. The molecule has 2 heterocycles. The first-order valence-corrected chi connectivity index (χ1v) is 12.2. The molecule has 0 radical (unpaired) electrons. The smallest absolute Gasteiger partial charge is 0.333 e. The summed E-state index contributed by atoms with van der Waals surface area (Å²) in [5, 5.41) is 20.1. The van der Waals surface area contributed by atoms with Crippen molar-refractivity contribution in [1.29, 1.82) is 0 Å². The quantitative estimate of drug-likeness (QED) is 0.518. The van der Waals surface area contributed by atoms with Gasteiger partial charge in [0.15, 0.2) is 0 Å². The lowest BCUT2D eigenvalue weighted by Gasteiger charge is -2.26. The fourth-order valence-electron chi connectivity index (χ4n) is 5.14. The summed E-state index contributed by atoms with van der Waals surface area (Å²) < 4.78 is 29.3. The predicted molar refractivity (Wildman–Crippen MR) is 120 cm³/mol. The van der Waals surface area contributed by atoms with Crippen LogP contribution in [0.5, 0.6) is 0 Å². The number of benzene rings is 1. The van der Waals surface area contributed by atoms with Crippen molar-refractivity contribution in [2.75, 3.05) is 11.9 Å². The van der Waals surface area contributed by atoms with Crippen LogP contribution in [0.4, 0.5) is 5.82 Å². The van der Waals surface area contributed by atoms with Gasteiger partial charge in [0.05, 0.1) is 24.1 Å². The molecule has 0 aliphatic heterocycles. The van der Waals surface area contributed by atoms with Crippen molar-refractivity contribution in [3.8, 4) is 0 Å². The predicted octanol–water partition coefficient (Wildman–Crippen LogP) is 2.45. The summed E-state index contributed by atoms with van der Waals surface area (Å²) in [4.78, 5) is 9.00. The molecule has 4 N–H and O–H groups in total. The third kappa shape index (κ3) is 3.88. The Morgan fingerprint density at radius 3 is 2.94 bits per heavy atom. The molecule has 3 aromatic rings. The average molecular weight is 458 g/mol. The molecule has 4 atom stereocenters. The van der Waals surface area contributed by atoms with Crippen molar-refractivity contribution in [2.45, 2.75) is 50.8 Å². The molecule has 0 bridgehead atoms. The van der Waals surface area contributed by atoms with Gasteiger partial charge < -0.3 is 15.0 Å². The van der Waals surface area contributed by atoms with E-state index in [-0.39, 0.29) is 18.7 Å². The highest BCUT2D eigenvalue weighted by atomic mass is 32.2. The lowest BCUT2D eigenvalue weighted by molar-refractivity contribution is 0.0304. The Hall–Kier alpha value is -2.53. The van der Waals surface area contributed by atoms with Crippen LogP contribution in [0.25, 0.3) is 11.0 Å². The van der Waals surface area contributed by atoms with Crippen LogP contribution < -0.4 is 10.5 Å². The Balaban J connectivity index is 1.39. The molecule has 0 spiro atoms. The monoisotopic (exact) mass is 457 g/mol. The summed E-state index contributed by atoms with van der Waals surface area (Å²) in [6, 6.07) is 10.6. The van der Waals surface area contributed by atoms with Crippen LogP contribution in [0.3, 0.4) is 0 Å². The Bertz CT molecular complexity index is 1260. The summed E-state index contributed by atoms with van der Waals surface area (Å²) in [6.45, 7) is 1.65. The number of aromatic nitrogens is 3. The van der Waals surface area contributed by atoms with E-state index in [1.54, 1.807) is 6.33 Å². The molecule has 170 valence electrons. The second-order valence-electron chi connectivity index (χ2n) is 9.14. The van der Waals surface area contributed by atoms with E-state index in [1.807, 2.05) is 23.8 Å². The topological polar surface area (TPSA) is 132 Å². The Morgan fingerprint density at radius 2 is 2.12 bits per heavy atom. The van der Waals surface area contributed by atoms with Crippen LogP contribution in [0.2, 0.25) is 0 Å². The number of anilines is 1. The van der Waals surface area contributed by atoms with Crippen molar-refractivity contribution < 1.29 is 17.7 Å². The molecule has 0 amide bonds. The van der Waals surface area contributed by atoms with Gasteiger partial charge in [0.1, 0.15) is 17.8 Å². The summed E-state index contributed by atoms with van der Waals surface area (Å²) >= 11 is 0. The van der Waals surface area contributed by atoms with Crippen molar-refractivity contribution >= 4 is 27.2 Å². The van der Waals surface area contributed by atoms with Gasteiger partial charge in [-0.15, -0.1) is 0 Å². The van der Waals surface area contributed by atoms with Crippen molar-refractivity contribution in [3.63, 3.8) is 0 Å². The van der Waals surface area contributed by atoms with E-state index < -0.39 is 21.8 Å². The molecule has 1 fully saturated rings. The number of aliphatic hydroxyl groups is 1. The van der Waals surface area contributed by atoms with Crippen LogP contribution >= 0.6 is 0 Å². The first-order valence-electron chi connectivity index (χ1n) is 10.7. The van der Waals surface area contributed by atoms with E-state index in [4.69, 9.17) is 9.32 Å². The summed E-state index contributed by atoms with van der Waals surface area (Å²) in [6.07, 6.45) is 5.85. The Labute approximate surface area is 186 Å². The minimum Gasteiger partial charge on any atom is -0.392 e. The summed E-state index contributed by atoms with van der Waals surface area (Å²) in [7, 11) is -4.06. The fraction of sp³-hybridized carbons (Fsp3) is 0.455. The minimum atomic E-state index is -4.06. The number of rotatable bonds is 6. The van der Waals surface area contributed by atoms with Crippen LogP contribution in [0.1, 0.15) is 49.4 Å². The lowest BCUT2D eigenvalue weighted by atomic mass is 9.87. The largest absolute Gasteiger partial charge is 0.392 e. The van der Waals surface area contributed by atoms with Gasteiger partial charge in [0.25, 0.3) is 0 Å². The van der Waals surface area contributed by atoms with Crippen LogP contribution in [0, 0.1) is 5.41 Å². The zero-order valence-corrected chi connectivity index (χ0v) is 18.6. The zero-order valence-electron chi connectivity index (χ0n) is 17.8. The van der Waals surface area contributed by atoms with Crippen LogP contribution in [-0.4, -0.2) is 40.8 Å². The lowest BCUT2D eigenvalue weighted by Crippen LogP contribution is -2.34. The molecule has 9 nitrogen and oxygen atoms in total. The number of aliphatic hydroxyl groups excluding tert-OH is 1. The molecule has 0 unspecified atom stereocenters. The van der Waals surface area contributed by atoms with Gasteiger partial charge in [-0.3, -0.25) is 4.18 Å². The third-order valence-electron chi connectivity index (χ3n) is 6.90. The molecule has 2 aliphatic carbocycles. The molecule has 10 heteroatoms. The summed E-state index contributed by atoms with van der Waals surface area (Å²) in [5.74, 6) is 0.786. The molecule has 32 heavy (non-hydrogen) atoms. The van der Waals surface area contributed by atoms with E-state index in [0.29, 0.717) is 12.8 Å². The van der Waals surface area contributed by atoms with Gasteiger partial charge in [-0.25, -0.2) is 15.1 Å². The molecular weight excluding hydrogens is 430 g/mol. The highest BCUT2D eigenvalue weighted by Crippen LogP contribution is 2.46.